The van der Waals surface area contributed by atoms with Gasteiger partial charge in [0.1, 0.15) is 0 Å². The van der Waals surface area contributed by atoms with Crippen LogP contribution >= 0.6 is 0 Å². The third kappa shape index (κ3) is 3.60. The lowest BCUT2D eigenvalue weighted by Crippen LogP contribution is -2.29. The van der Waals surface area contributed by atoms with Crippen LogP contribution in [-0.2, 0) is 10.0 Å². The van der Waals surface area contributed by atoms with E-state index in [1.807, 2.05) is 54.6 Å². The Morgan fingerprint density at radius 3 is 1.93 bits per heavy atom. The lowest BCUT2D eigenvalue weighted by molar-refractivity contribution is 0.0997. The molecule has 0 spiro atoms. The molecule has 0 saturated carbocycles. The zero-order valence-corrected chi connectivity index (χ0v) is 15.2. The second-order valence-electron chi connectivity index (χ2n) is 6.32. The summed E-state index contributed by atoms with van der Waals surface area (Å²) in [5.74, 6) is -0.273. The van der Waals surface area contributed by atoms with Crippen LogP contribution in [0, 0.1) is 0 Å². The number of benzene rings is 4. The molecule has 1 N–H and O–H groups in total. The molecular formula is C22H17NO3S. The highest BCUT2D eigenvalue weighted by Gasteiger charge is 2.17. The highest BCUT2D eigenvalue weighted by molar-refractivity contribution is 7.89. The number of carbonyl (C=O) groups is 1. The van der Waals surface area contributed by atoms with Crippen LogP contribution < -0.4 is 4.72 Å². The van der Waals surface area contributed by atoms with Gasteiger partial charge in [-0.15, -0.1) is 0 Å². The molecule has 4 nitrogen and oxygen atoms in total. The Morgan fingerprint density at radius 1 is 0.704 bits per heavy atom. The third-order valence-electron chi connectivity index (χ3n) is 4.53. The minimum absolute atomic E-state index is 0.146. The Balaban J connectivity index is 1.54. The molecule has 0 aliphatic carbocycles. The van der Waals surface area contributed by atoms with Gasteiger partial charge in [-0.25, -0.2) is 13.1 Å². The normalized spacial score (nSPS) is 11.7. The number of Topliss-reactive ketones (excluding diaryl/α,β-unsaturated/α-hetero) is 1. The standard InChI is InChI=1S/C22H17NO3S/c24-22(20-10-9-16-5-1-3-7-18(16)13-20)15-23-27(25,26)21-12-11-17-6-2-4-8-19(17)14-21/h1-14,23H,15H2. The lowest BCUT2D eigenvalue weighted by atomic mass is 10.0. The van der Waals surface area contributed by atoms with Crippen molar-refractivity contribution in [2.75, 3.05) is 6.54 Å². The molecule has 0 aliphatic heterocycles. The lowest BCUT2D eigenvalue weighted by Gasteiger charge is -2.08. The van der Waals surface area contributed by atoms with Crippen molar-refractivity contribution < 1.29 is 13.2 Å². The molecule has 0 unspecified atom stereocenters. The Labute approximate surface area is 157 Å². The van der Waals surface area contributed by atoms with Crippen molar-refractivity contribution >= 4 is 37.4 Å². The number of fused-ring (bicyclic) bond motifs is 2. The smallest absolute Gasteiger partial charge is 0.241 e. The summed E-state index contributed by atoms with van der Waals surface area (Å²) in [4.78, 5) is 12.6. The van der Waals surface area contributed by atoms with E-state index in [2.05, 4.69) is 4.72 Å². The van der Waals surface area contributed by atoms with Crippen LogP contribution in [-0.4, -0.2) is 20.7 Å². The monoisotopic (exact) mass is 375 g/mol. The van der Waals surface area contributed by atoms with Gasteiger partial charge in [0, 0.05) is 5.56 Å². The molecule has 134 valence electrons. The summed E-state index contributed by atoms with van der Waals surface area (Å²) in [5, 5.41) is 3.77. The van der Waals surface area contributed by atoms with E-state index in [0.29, 0.717) is 5.56 Å². The first kappa shape index (κ1) is 17.4. The van der Waals surface area contributed by atoms with Crippen molar-refractivity contribution in [3.8, 4) is 0 Å². The molecule has 0 amide bonds. The van der Waals surface area contributed by atoms with Crippen LogP contribution in [0.15, 0.2) is 89.8 Å². The molecule has 0 saturated heterocycles. The van der Waals surface area contributed by atoms with Crippen molar-refractivity contribution in [2.24, 2.45) is 0 Å². The summed E-state index contributed by atoms with van der Waals surface area (Å²) in [6, 6.07) is 25.5. The summed E-state index contributed by atoms with van der Waals surface area (Å²) in [5.41, 5.74) is 0.481. The quantitative estimate of drug-likeness (QED) is 0.533. The van der Waals surface area contributed by atoms with Crippen LogP contribution in [0.4, 0.5) is 0 Å². The van der Waals surface area contributed by atoms with Crippen molar-refractivity contribution in [3.05, 3.63) is 90.5 Å². The molecule has 4 rings (SSSR count). The van der Waals surface area contributed by atoms with E-state index in [4.69, 9.17) is 0 Å². The maximum absolute atomic E-state index is 12.6. The van der Waals surface area contributed by atoms with Crippen molar-refractivity contribution in [2.45, 2.75) is 4.90 Å². The fraction of sp³-hybridized carbons (Fsp3) is 0.0455. The van der Waals surface area contributed by atoms with Gasteiger partial charge in [0.25, 0.3) is 0 Å². The molecule has 0 aliphatic rings. The van der Waals surface area contributed by atoms with E-state index in [-0.39, 0.29) is 17.2 Å². The molecule has 0 atom stereocenters. The maximum Gasteiger partial charge on any atom is 0.241 e. The molecule has 5 heteroatoms. The largest absolute Gasteiger partial charge is 0.293 e. The SMILES string of the molecule is O=C(CNS(=O)(=O)c1ccc2ccccc2c1)c1ccc2ccccc2c1. The predicted octanol–water partition coefficient (Wildman–Crippen LogP) is 4.15. The van der Waals surface area contributed by atoms with Gasteiger partial charge in [-0.05, 0) is 39.7 Å². The first-order valence-corrected chi connectivity index (χ1v) is 10.0. The molecule has 4 aromatic rings. The van der Waals surface area contributed by atoms with E-state index in [1.165, 1.54) is 0 Å². The maximum atomic E-state index is 12.6. The number of sulfonamides is 1. The summed E-state index contributed by atoms with van der Waals surface area (Å²) < 4.78 is 27.5. The molecule has 0 heterocycles. The van der Waals surface area contributed by atoms with Gasteiger partial charge in [0.15, 0.2) is 5.78 Å². The van der Waals surface area contributed by atoms with E-state index >= 15 is 0 Å². The zero-order valence-electron chi connectivity index (χ0n) is 14.4. The van der Waals surface area contributed by atoms with Crippen LogP contribution in [0.3, 0.4) is 0 Å². The first-order valence-electron chi connectivity index (χ1n) is 8.53. The van der Waals surface area contributed by atoms with Gasteiger partial charge >= 0.3 is 0 Å². The van der Waals surface area contributed by atoms with Gasteiger partial charge in [-0.3, -0.25) is 4.79 Å². The zero-order chi connectivity index (χ0) is 18.9. The van der Waals surface area contributed by atoms with E-state index in [9.17, 15) is 13.2 Å². The van der Waals surface area contributed by atoms with Crippen LogP contribution in [0.2, 0.25) is 0 Å². The van der Waals surface area contributed by atoms with Gasteiger partial charge < -0.3 is 0 Å². The summed E-state index contributed by atoms with van der Waals surface area (Å²) in [7, 11) is -3.77. The Bertz CT molecular complexity index is 1260. The summed E-state index contributed by atoms with van der Waals surface area (Å²) in [6.07, 6.45) is 0. The topological polar surface area (TPSA) is 63.2 Å². The van der Waals surface area contributed by atoms with Gasteiger partial charge in [-0.2, -0.15) is 0 Å². The summed E-state index contributed by atoms with van der Waals surface area (Å²) in [6.45, 7) is -0.284. The molecule has 27 heavy (non-hydrogen) atoms. The molecule has 0 aromatic heterocycles. The average Bonchev–Trinajstić information content (AvgIpc) is 2.71. The predicted molar refractivity (Wildman–Crippen MR) is 107 cm³/mol. The van der Waals surface area contributed by atoms with E-state index in [1.54, 1.807) is 30.3 Å². The second kappa shape index (κ2) is 6.95. The number of hydrogen-bond acceptors (Lipinski definition) is 3. The molecule has 0 radical (unpaired) electrons. The fourth-order valence-electron chi connectivity index (χ4n) is 3.04. The number of carbonyl (C=O) groups excluding carboxylic acids is 1. The third-order valence-corrected chi connectivity index (χ3v) is 5.92. The number of ketones is 1. The Kier molecular flexibility index (Phi) is 4.48. The molecule has 0 bridgehead atoms. The molecule has 4 aromatic carbocycles. The van der Waals surface area contributed by atoms with Gasteiger partial charge in [0.05, 0.1) is 11.4 Å². The highest BCUT2D eigenvalue weighted by atomic mass is 32.2. The van der Waals surface area contributed by atoms with Gasteiger partial charge in [0.2, 0.25) is 10.0 Å². The highest BCUT2D eigenvalue weighted by Crippen LogP contribution is 2.19. The van der Waals surface area contributed by atoms with Crippen LogP contribution in [0.5, 0.6) is 0 Å². The molecule has 0 fully saturated rings. The van der Waals surface area contributed by atoms with E-state index in [0.717, 1.165) is 21.5 Å². The average molecular weight is 375 g/mol. The Morgan fingerprint density at radius 2 is 1.26 bits per heavy atom. The van der Waals surface area contributed by atoms with Crippen LogP contribution in [0.1, 0.15) is 10.4 Å². The van der Waals surface area contributed by atoms with Crippen molar-refractivity contribution in [3.63, 3.8) is 0 Å². The van der Waals surface area contributed by atoms with Crippen molar-refractivity contribution in [1.82, 2.24) is 4.72 Å². The minimum atomic E-state index is -3.77. The van der Waals surface area contributed by atoms with Crippen LogP contribution in [0.25, 0.3) is 21.5 Å². The second-order valence-corrected chi connectivity index (χ2v) is 8.09. The minimum Gasteiger partial charge on any atom is -0.293 e. The summed E-state index contributed by atoms with van der Waals surface area (Å²) >= 11 is 0. The Hall–Kier alpha value is -3.02. The molecular weight excluding hydrogens is 358 g/mol. The van der Waals surface area contributed by atoms with Gasteiger partial charge in [-0.1, -0.05) is 66.7 Å². The number of nitrogens with one attached hydrogen (secondary N) is 1. The number of rotatable bonds is 5. The first-order chi connectivity index (χ1) is 13.0. The number of hydrogen-bond donors (Lipinski definition) is 1. The van der Waals surface area contributed by atoms with E-state index < -0.39 is 10.0 Å². The fourth-order valence-corrected chi connectivity index (χ4v) is 4.06. The van der Waals surface area contributed by atoms with Crippen molar-refractivity contribution in [1.29, 1.82) is 0 Å².